The molecule has 0 radical (unpaired) electrons. The molecule has 0 N–H and O–H groups in total. The predicted molar refractivity (Wildman–Crippen MR) is 77.5 cm³/mol. The van der Waals surface area contributed by atoms with Gasteiger partial charge in [0.1, 0.15) is 0 Å². The van der Waals surface area contributed by atoms with Crippen molar-refractivity contribution < 1.29 is 17.3 Å². The third kappa shape index (κ3) is 5.59. The van der Waals surface area contributed by atoms with Crippen LogP contribution in [0.1, 0.15) is 57.4 Å². The number of benzene rings is 1. The van der Waals surface area contributed by atoms with Crippen molar-refractivity contribution in [1.82, 2.24) is 0 Å². The van der Waals surface area contributed by atoms with Crippen molar-refractivity contribution in [3.63, 3.8) is 0 Å². The molecule has 0 fully saturated rings. The average Bonchev–Trinajstić information content (AvgIpc) is 2.46. The summed E-state index contributed by atoms with van der Waals surface area (Å²) in [6, 6.07) is 6.42. The Labute approximate surface area is 121 Å². The number of hydrogen-bond acceptors (Lipinski definition) is 3. The summed E-state index contributed by atoms with van der Waals surface area (Å²) in [7, 11) is -4.25. The molecule has 0 amide bonds. The molecule has 114 valence electrons. The lowest BCUT2D eigenvalue weighted by Gasteiger charge is -2.07. The van der Waals surface area contributed by atoms with Crippen molar-refractivity contribution in [1.29, 1.82) is 0 Å². The number of hydrogen-bond donors (Lipinski definition) is 0. The van der Waals surface area contributed by atoms with E-state index in [9.17, 15) is 12.9 Å². The molecule has 1 rings (SSSR count). The largest absolute Gasteiger partial charge is 0.327 e. The van der Waals surface area contributed by atoms with E-state index in [2.05, 4.69) is 11.3 Å². The van der Waals surface area contributed by atoms with Gasteiger partial charge in [0.2, 0.25) is 0 Å². The lowest BCUT2D eigenvalue weighted by Crippen LogP contribution is -2.04. The first kappa shape index (κ1) is 17.1. The van der Waals surface area contributed by atoms with Gasteiger partial charge in [0.15, 0.2) is 0 Å². The Morgan fingerprint density at radius 1 is 1.00 bits per heavy atom. The molecule has 0 unspecified atom stereocenters. The van der Waals surface area contributed by atoms with E-state index in [1.807, 2.05) is 0 Å². The summed E-state index contributed by atoms with van der Waals surface area (Å²) in [5.74, 6) is 0. The van der Waals surface area contributed by atoms with Crippen LogP contribution in [0.3, 0.4) is 0 Å². The minimum absolute atomic E-state index is 0.0616. The Bertz CT molecular complexity index is 486. The van der Waals surface area contributed by atoms with E-state index in [0.29, 0.717) is 12.0 Å². The minimum atomic E-state index is -4.25. The molecule has 1 aromatic rings. The summed E-state index contributed by atoms with van der Waals surface area (Å²) in [4.78, 5) is -0.0616. The first-order valence-electron chi connectivity index (χ1n) is 7.25. The number of halogens is 1. The topological polar surface area (TPSA) is 43.4 Å². The zero-order valence-corrected chi connectivity index (χ0v) is 12.8. The van der Waals surface area contributed by atoms with Crippen LogP contribution in [-0.4, -0.2) is 8.42 Å². The van der Waals surface area contributed by atoms with E-state index in [4.69, 9.17) is 0 Å². The Morgan fingerprint density at radius 2 is 1.60 bits per heavy atom. The van der Waals surface area contributed by atoms with Crippen molar-refractivity contribution in [2.45, 2.75) is 63.2 Å². The predicted octanol–water partition coefficient (Wildman–Crippen LogP) is 4.57. The van der Waals surface area contributed by atoms with Crippen molar-refractivity contribution in [3.05, 3.63) is 29.8 Å². The molecule has 0 saturated carbocycles. The number of aryl methyl sites for hydroxylation is 1. The van der Waals surface area contributed by atoms with Crippen LogP contribution in [0.15, 0.2) is 29.2 Å². The van der Waals surface area contributed by atoms with Crippen LogP contribution >= 0.6 is 0 Å². The summed E-state index contributed by atoms with van der Waals surface area (Å²) in [6.45, 7) is 2.18. The molecular weight excluding hydrogens is 279 g/mol. The van der Waals surface area contributed by atoms with Crippen LogP contribution in [0.4, 0.5) is 4.53 Å². The summed E-state index contributed by atoms with van der Waals surface area (Å²) in [6.07, 6.45) is 8.75. The molecule has 0 aliphatic heterocycles. The van der Waals surface area contributed by atoms with E-state index < -0.39 is 10.1 Å². The Morgan fingerprint density at radius 3 is 2.25 bits per heavy atom. The fraction of sp³-hybridized carbons (Fsp3) is 0.600. The molecule has 0 aromatic heterocycles. The molecule has 20 heavy (non-hydrogen) atoms. The van der Waals surface area contributed by atoms with E-state index in [0.717, 1.165) is 19.3 Å². The molecule has 0 bridgehead atoms. The zero-order valence-electron chi connectivity index (χ0n) is 12.0. The first-order chi connectivity index (χ1) is 9.61. The van der Waals surface area contributed by atoms with Crippen LogP contribution < -0.4 is 0 Å². The normalized spacial score (nSPS) is 11.7. The lowest BCUT2D eigenvalue weighted by atomic mass is 10.0. The highest BCUT2D eigenvalue weighted by atomic mass is 32.2. The molecule has 5 heteroatoms. The highest BCUT2D eigenvalue weighted by Gasteiger charge is 2.19. The lowest BCUT2D eigenvalue weighted by molar-refractivity contribution is 0.00277. The van der Waals surface area contributed by atoms with Crippen LogP contribution in [0.25, 0.3) is 0 Å². The third-order valence-corrected chi connectivity index (χ3v) is 4.48. The number of rotatable bonds is 10. The van der Waals surface area contributed by atoms with Gasteiger partial charge in [-0.25, -0.2) is 0 Å². The van der Waals surface area contributed by atoms with Crippen LogP contribution in [0.2, 0.25) is 0 Å². The number of unbranched alkanes of at least 4 members (excludes halogenated alkanes) is 6. The second-order valence-corrected chi connectivity index (χ2v) is 6.47. The maximum atomic E-state index is 12.1. The molecule has 0 atom stereocenters. The third-order valence-electron chi connectivity index (χ3n) is 3.37. The van der Waals surface area contributed by atoms with Crippen molar-refractivity contribution in [3.8, 4) is 0 Å². The minimum Gasteiger partial charge on any atom is -0.191 e. The highest BCUT2D eigenvalue weighted by Crippen LogP contribution is 2.20. The van der Waals surface area contributed by atoms with Gasteiger partial charge in [-0.2, -0.15) is 8.42 Å². The van der Waals surface area contributed by atoms with Crippen molar-refractivity contribution in [2.75, 3.05) is 0 Å². The molecule has 0 aliphatic carbocycles. The van der Waals surface area contributed by atoms with Gasteiger partial charge in [-0.3, -0.25) is 0 Å². The van der Waals surface area contributed by atoms with E-state index in [1.165, 1.54) is 31.7 Å². The van der Waals surface area contributed by atoms with Gasteiger partial charge in [-0.1, -0.05) is 68.0 Å². The van der Waals surface area contributed by atoms with E-state index in [1.54, 1.807) is 18.2 Å². The highest BCUT2D eigenvalue weighted by molar-refractivity contribution is 7.86. The molecule has 1 aromatic carbocycles. The summed E-state index contributed by atoms with van der Waals surface area (Å²) in [5, 5.41) is 0. The fourth-order valence-corrected chi connectivity index (χ4v) is 3.07. The van der Waals surface area contributed by atoms with Gasteiger partial charge in [0.05, 0.1) is 4.90 Å². The van der Waals surface area contributed by atoms with Gasteiger partial charge in [-0.05, 0) is 29.0 Å². The van der Waals surface area contributed by atoms with Crippen LogP contribution in [0, 0.1) is 0 Å². The quantitative estimate of drug-likeness (QED) is 0.595. The maximum Gasteiger partial charge on any atom is 0.327 e. The molecule has 0 saturated heterocycles. The molecular formula is C15H23FO3S. The second-order valence-electron chi connectivity index (χ2n) is 5.00. The smallest absolute Gasteiger partial charge is 0.191 e. The van der Waals surface area contributed by atoms with Crippen molar-refractivity contribution >= 4 is 10.1 Å². The Hall–Kier alpha value is -0.940. The first-order valence-corrected chi connectivity index (χ1v) is 8.65. The van der Waals surface area contributed by atoms with Gasteiger partial charge in [-0.15, -0.1) is 0 Å². The van der Waals surface area contributed by atoms with Crippen LogP contribution in [-0.2, 0) is 20.9 Å². The monoisotopic (exact) mass is 302 g/mol. The molecule has 0 spiro atoms. The second kappa shape index (κ2) is 9.08. The Balaban J connectivity index is 2.45. The zero-order chi connectivity index (χ0) is 14.8. The van der Waals surface area contributed by atoms with Gasteiger partial charge >= 0.3 is 10.1 Å². The maximum absolute atomic E-state index is 12.1. The average molecular weight is 302 g/mol. The molecule has 0 heterocycles. The van der Waals surface area contributed by atoms with Gasteiger partial charge < -0.3 is 0 Å². The summed E-state index contributed by atoms with van der Waals surface area (Å²) >= 11 is 0. The summed E-state index contributed by atoms with van der Waals surface area (Å²) in [5.41, 5.74) is 0.624. The molecule has 0 aliphatic rings. The SMILES string of the molecule is CCCCCCCCCc1ccccc1S(=O)(=O)OF. The van der Waals surface area contributed by atoms with Gasteiger partial charge in [0.25, 0.3) is 0 Å². The fourth-order valence-electron chi connectivity index (χ4n) is 2.26. The van der Waals surface area contributed by atoms with Crippen molar-refractivity contribution in [2.24, 2.45) is 0 Å². The molecule has 3 nitrogen and oxygen atoms in total. The van der Waals surface area contributed by atoms with Crippen LogP contribution in [0.5, 0.6) is 0 Å². The van der Waals surface area contributed by atoms with Gasteiger partial charge in [0, 0.05) is 0 Å². The Kier molecular flexibility index (Phi) is 7.77. The standard InChI is InChI=1S/C15H23FO3S/c1-2-3-4-5-6-7-8-11-14-12-9-10-13-15(14)20(17,18)19-16/h9-10,12-13H,2-8,11H2,1H3. The summed E-state index contributed by atoms with van der Waals surface area (Å²) < 4.78 is 38.1. The van der Waals surface area contributed by atoms with E-state index >= 15 is 0 Å². The van der Waals surface area contributed by atoms with E-state index in [-0.39, 0.29) is 4.90 Å².